The number of benzene rings is 3. The molecule has 0 bridgehead atoms. The molecule has 0 aromatic heterocycles. The molecule has 10 atom stereocenters. The molecule has 4 N–H and O–H groups in total. The summed E-state index contributed by atoms with van der Waals surface area (Å²) >= 11 is 12.7. The molecule has 0 spiro atoms. The molecule has 2 saturated heterocycles. The van der Waals surface area contributed by atoms with Crippen molar-refractivity contribution in [3.05, 3.63) is 106 Å². The lowest BCUT2D eigenvalue weighted by Gasteiger charge is -2.39. The summed E-state index contributed by atoms with van der Waals surface area (Å²) in [5, 5.41) is 20.7. The average Bonchev–Trinajstić information content (AvgIpc) is 4.21. The fourth-order valence-electron chi connectivity index (χ4n) is 10.4. The van der Waals surface area contributed by atoms with E-state index in [9.17, 15) is 38.7 Å². The van der Waals surface area contributed by atoms with Gasteiger partial charge in [-0.3, -0.25) is 38.4 Å². The van der Waals surface area contributed by atoms with E-state index in [-0.39, 0.29) is 44.6 Å². The number of aliphatic hydroxyl groups is 1. The van der Waals surface area contributed by atoms with E-state index >= 15 is 9.59 Å². The first-order valence-electron chi connectivity index (χ1n) is 28.4. The van der Waals surface area contributed by atoms with Gasteiger partial charge in [-0.15, -0.1) is 0 Å². The van der Waals surface area contributed by atoms with Gasteiger partial charge in [-0.25, -0.2) is 4.79 Å². The molecule has 6 unspecified atom stereocenters. The van der Waals surface area contributed by atoms with E-state index in [1.807, 2.05) is 26.0 Å². The van der Waals surface area contributed by atoms with Crippen molar-refractivity contribution < 1.29 is 53.0 Å². The van der Waals surface area contributed by atoms with E-state index in [4.69, 9.17) is 27.9 Å². The zero-order valence-electron chi connectivity index (χ0n) is 50.2. The number of fused-ring (bicyclic) bond motifs is 1. The van der Waals surface area contributed by atoms with Crippen LogP contribution in [0, 0.1) is 11.8 Å². The van der Waals surface area contributed by atoms with Gasteiger partial charge < -0.3 is 50.3 Å². The van der Waals surface area contributed by atoms with Gasteiger partial charge in [-0.1, -0.05) is 125 Å². The lowest BCUT2D eigenvalue weighted by atomic mass is 9.94. The number of halogens is 2. The number of nitrogens with zero attached hydrogens (tertiary/aromatic N) is 5. The SMILES string of the molecule is C=C(CC)C1NC(=O)C2CCCN2C(=O)[C@H](Cc2cccc(-c3ccc(Cl)c(Cl)c3)c2)N(C)C(=O)C(Cc2ccccc2)NC(=O)[C@H](C)N(C)C(=O)[C@@H](C(C)CC)OC(=O)C(C(C)(C)O)N(C)C(=O)C(CC(C)C)NC(=O)[C@H](C)N(C)C1=O. The molecule has 2 heterocycles. The van der Waals surface area contributed by atoms with Crippen LogP contribution >= 0.6 is 23.2 Å². The molecule has 2 aliphatic heterocycles. The highest BCUT2D eigenvalue weighted by atomic mass is 35.5. The van der Waals surface area contributed by atoms with Gasteiger partial charge in [0.05, 0.1) is 15.6 Å². The Balaban J connectivity index is 1.68. The molecule has 0 saturated carbocycles. The highest BCUT2D eigenvalue weighted by Gasteiger charge is 2.47. The third kappa shape index (κ3) is 16.5. The second kappa shape index (κ2) is 29.1. The van der Waals surface area contributed by atoms with Gasteiger partial charge >= 0.3 is 5.97 Å². The lowest BCUT2D eigenvalue weighted by Crippen LogP contribution is -2.62. The maximum absolute atomic E-state index is 15.5. The van der Waals surface area contributed by atoms with Crippen LogP contribution < -0.4 is 16.0 Å². The second-order valence-corrected chi connectivity index (χ2v) is 23.9. The number of ether oxygens (including phenoxy) is 1. The summed E-state index contributed by atoms with van der Waals surface area (Å²) < 4.78 is 6.01. The molecule has 0 aliphatic carbocycles. The predicted molar refractivity (Wildman–Crippen MR) is 318 cm³/mol. The third-order valence-corrected chi connectivity index (χ3v) is 16.8. The van der Waals surface area contributed by atoms with E-state index in [0.717, 1.165) is 25.8 Å². The summed E-state index contributed by atoms with van der Waals surface area (Å²) in [5.74, 6) is -7.75. The number of carbonyl (C=O) groups is 9. The molecule has 5 rings (SSSR count). The first-order valence-corrected chi connectivity index (χ1v) is 29.2. The Morgan fingerprint density at radius 2 is 1.25 bits per heavy atom. The van der Waals surface area contributed by atoms with Crippen LogP contribution in [0.4, 0.5) is 0 Å². The highest BCUT2D eigenvalue weighted by Crippen LogP contribution is 2.31. The predicted octanol–water partition coefficient (Wildman–Crippen LogP) is 5.99. The second-order valence-electron chi connectivity index (χ2n) is 23.1. The number of amides is 8. The summed E-state index contributed by atoms with van der Waals surface area (Å²) in [6.07, 6.45) is -0.462. The van der Waals surface area contributed by atoms with Crippen LogP contribution in [0.1, 0.15) is 106 Å². The van der Waals surface area contributed by atoms with Crippen LogP contribution in [-0.4, -0.2) is 178 Å². The Morgan fingerprint density at radius 1 is 0.675 bits per heavy atom. The molecular weight excluding hydrogens is 1100 g/mol. The molecule has 8 amide bonds. The minimum absolute atomic E-state index is 0.0524. The van der Waals surface area contributed by atoms with Gasteiger partial charge in [0.2, 0.25) is 41.4 Å². The van der Waals surface area contributed by atoms with Crippen molar-refractivity contribution in [2.24, 2.45) is 11.8 Å². The normalized spacial score (nSPS) is 25.2. The van der Waals surface area contributed by atoms with E-state index in [1.165, 1.54) is 65.7 Å². The largest absolute Gasteiger partial charge is 0.450 e. The van der Waals surface area contributed by atoms with E-state index in [1.54, 1.807) is 81.4 Å². The Hall–Kier alpha value is -6.83. The number of hydrogen-bond acceptors (Lipinski definition) is 11. The summed E-state index contributed by atoms with van der Waals surface area (Å²) in [6, 6.07) is 10.7. The van der Waals surface area contributed by atoms with Crippen molar-refractivity contribution in [2.75, 3.05) is 34.7 Å². The lowest BCUT2D eigenvalue weighted by molar-refractivity contribution is -0.177. The summed E-state index contributed by atoms with van der Waals surface area (Å²) in [7, 11) is 5.45. The molecule has 83 heavy (non-hydrogen) atoms. The van der Waals surface area contributed by atoms with Crippen molar-refractivity contribution in [3.63, 3.8) is 0 Å². The monoisotopic (exact) mass is 1190 g/mol. The molecule has 3 aromatic rings. The Morgan fingerprint density at radius 3 is 1.83 bits per heavy atom. The van der Waals surface area contributed by atoms with E-state index in [2.05, 4.69) is 22.5 Å². The van der Waals surface area contributed by atoms with Gasteiger partial charge in [0.25, 0.3) is 5.91 Å². The number of likely N-dealkylation sites (N-methyl/N-ethyl adjacent to an activating group) is 4. The van der Waals surface area contributed by atoms with Crippen LogP contribution in [0.2, 0.25) is 10.0 Å². The third-order valence-electron chi connectivity index (χ3n) is 16.1. The number of hydrogen-bond donors (Lipinski definition) is 4. The van der Waals surface area contributed by atoms with Crippen LogP contribution in [0.25, 0.3) is 11.1 Å². The maximum atomic E-state index is 15.5. The van der Waals surface area contributed by atoms with Gasteiger partial charge in [0.15, 0.2) is 12.1 Å². The van der Waals surface area contributed by atoms with Crippen LogP contribution in [0.3, 0.4) is 0 Å². The quantitative estimate of drug-likeness (QED) is 0.121. The minimum Gasteiger partial charge on any atom is -0.450 e. The summed E-state index contributed by atoms with van der Waals surface area (Å²) in [4.78, 5) is 139. The molecule has 2 aliphatic rings. The first kappa shape index (κ1) is 67.0. The molecule has 21 heteroatoms. The zero-order chi connectivity index (χ0) is 61.9. The minimum atomic E-state index is -1.98. The van der Waals surface area contributed by atoms with Crippen LogP contribution in [-0.2, 0) is 60.7 Å². The maximum Gasteiger partial charge on any atom is 0.332 e. The Bertz CT molecular complexity index is 2880. The molecule has 3 aromatic carbocycles. The van der Waals surface area contributed by atoms with Crippen molar-refractivity contribution >= 4 is 76.4 Å². The zero-order valence-corrected chi connectivity index (χ0v) is 51.7. The van der Waals surface area contributed by atoms with Crippen LogP contribution in [0.5, 0.6) is 0 Å². The van der Waals surface area contributed by atoms with Gasteiger partial charge in [0.1, 0.15) is 42.3 Å². The fraction of sp³-hybridized carbons (Fsp3) is 0.532. The van der Waals surface area contributed by atoms with Crippen LogP contribution in [0.15, 0.2) is 84.9 Å². The van der Waals surface area contributed by atoms with Crippen molar-refractivity contribution in [1.82, 2.24) is 40.4 Å². The molecule has 452 valence electrons. The molecule has 2 fully saturated rings. The number of cyclic esters (lactones) is 1. The van der Waals surface area contributed by atoms with E-state index < -0.39 is 119 Å². The first-order chi connectivity index (χ1) is 38.9. The number of nitrogens with one attached hydrogen (secondary N) is 3. The summed E-state index contributed by atoms with van der Waals surface area (Å²) in [5.41, 5.74) is 1.06. The van der Waals surface area contributed by atoms with E-state index in [0.29, 0.717) is 39.6 Å². The van der Waals surface area contributed by atoms with Crippen molar-refractivity contribution in [1.29, 1.82) is 0 Å². The number of carbonyl (C=O) groups excluding carboxylic acids is 9. The van der Waals surface area contributed by atoms with Gasteiger partial charge in [-0.2, -0.15) is 0 Å². The van der Waals surface area contributed by atoms with Crippen molar-refractivity contribution in [2.45, 2.75) is 167 Å². The van der Waals surface area contributed by atoms with Gasteiger partial charge in [-0.05, 0) is 106 Å². The number of rotatable bonds is 12. The Labute approximate surface area is 498 Å². The summed E-state index contributed by atoms with van der Waals surface area (Å²) in [6.45, 7) is 18.5. The molecule has 0 radical (unpaired) electrons. The molecular formula is C62H84Cl2N8O11. The highest BCUT2D eigenvalue weighted by molar-refractivity contribution is 6.42. The standard InChI is InChI=1S/C62H84Cl2N8O11/c1-15-36(5)50-59(79)68(11)38(7)53(73)65-46(30-35(3)4)57(77)71(14)52(62(9,10)82)61(81)83-51(37(6)16-2)60(80)69(12)39(8)54(74)66-47(32-40-22-18-17-19-23-40)56(76)70(13)49(58(78)72-29-21-26-48(72)55(75)67-50)33-41-24-20-25-42(31-41)43-27-28-44(63)45(64)34-43/h17-20,22-25,27-28,31,34-35,37-39,46-52,82H,5,15-16,21,26,29-30,32-33H2,1-4,6-14H3,(H,65,73)(H,66,74)(H,67,75)/t37?,38-,39-,46?,47?,48?,49-,50?,51+,52?/m0/s1. The topological polar surface area (TPSA) is 235 Å². The molecule has 19 nitrogen and oxygen atoms in total. The fourth-order valence-corrected chi connectivity index (χ4v) is 10.7. The Kier molecular flexibility index (Phi) is 23.5. The van der Waals surface area contributed by atoms with Crippen molar-refractivity contribution in [3.8, 4) is 11.1 Å². The average molecular weight is 1190 g/mol. The number of esters is 1. The smallest absolute Gasteiger partial charge is 0.332 e. The van der Waals surface area contributed by atoms with Gasteiger partial charge in [0, 0.05) is 53.5 Å².